The molecule has 0 N–H and O–H groups in total. The molecule has 0 saturated carbocycles. The first-order valence-electron chi connectivity index (χ1n) is 15.3. The largest absolute Gasteiger partial charge is 0.743 e. The third-order valence-electron chi connectivity index (χ3n) is 8.43. The summed E-state index contributed by atoms with van der Waals surface area (Å²) in [6.45, 7) is 28.4. The molecule has 326 valence electrons. The molecule has 0 amide bonds. The molecule has 0 saturated heterocycles. The zero-order chi connectivity index (χ0) is 44.1. The van der Waals surface area contributed by atoms with Crippen molar-refractivity contribution in [1.82, 2.24) is 0 Å². The molecule has 0 radical (unpaired) electrons. The molecule has 0 aromatic carbocycles. The summed E-state index contributed by atoms with van der Waals surface area (Å²) in [4.78, 5) is 0. The van der Waals surface area contributed by atoms with Crippen LogP contribution < -0.4 is 0 Å². The fraction of sp³-hybridized carbons (Fsp3) is 1.00. The van der Waals surface area contributed by atoms with E-state index in [-0.39, 0.29) is 0 Å². The average Bonchev–Trinajstić information content (AvgIpc) is 2.97. The Hall–Kier alpha value is -1.45. The second-order valence-electron chi connectivity index (χ2n) is 11.1. The van der Waals surface area contributed by atoms with Gasteiger partial charge in [-0.1, -0.05) is 0 Å². The van der Waals surface area contributed by atoms with Gasteiger partial charge in [-0.2, -0.15) is 70.2 Å². The lowest BCUT2D eigenvalue weighted by molar-refractivity contribution is -0.921. The van der Waals surface area contributed by atoms with Crippen LogP contribution in [-0.2, 0) is 20.2 Å². The number of rotatable bonds is 16. The number of alkyl halides is 17. The smallest absolute Gasteiger partial charge is 0.402 e. The van der Waals surface area contributed by atoms with E-state index in [1.807, 2.05) is 0 Å². The van der Waals surface area contributed by atoms with Gasteiger partial charge in [-0.05, 0) is 55.4 Å². The Labute approximate surface area is 297 Å². The molecule has 0 heterocycles. The number of hydrogen-bond donors (Lipinski definition) is 0. The maximum absolute atomic E-state index is 12.4. The minimum Gasteiger partial charge on any atom is -0.743 e. The van der Waals surface area contributed by atoms with Gasteiger partial charge in [0.1, 0.15) is 6.42 Å². The van der Waals surface area contributed by atoms with Crippen LogP contribution in [0.1, 0.15) is 68.2 Å². The molecule has 1 atom stereocenters. The van der Waals surface area contributed by atoms with Crippen molar-refractivity contribution in [3.63, 3.8) is 0 Å². The van der Waals surface area contributed by atoms with Gasteiger partial charge in [-0.15, -0.1) is 0 Å². The van der Waals surface area contributed by atoms with Crippen LogP contribution in [0.25, 0.3) is 0 Å². The Morgan fingerprint density at radius 3 is 0.868 bits per heavy atom. The summed E-state index contributed by atoms with van der Waals surface area (Å²) in [5, 5.41) is -13.3. The van der Waals surface area contributed by atoms with Crippen molar-refractivity contribution in [2.75, 3.05) is 52.4 Å². The molecule has 27 heteroatoms. The van der Waals surface area contributed by atoms with Gasteiger partial charge in [0.15, 0.2) is 26.4 Å². The predicted molar refractivity (Wildman–Crippen MR) is 155 cm³/mol. The van der Waals surface area contributed by atoms with Crippen molar-refractivity contribution in [2.24, 2.45) is 0 Å². The second kappa shape index (κ2) is 20.6. The molecule has 0 rings (SSSR count). The number of quaternary nitrogens is 2. The molecule has 0 aliphatic rings. The molecule has 0 fully saturated rings. The van der Waals surface area contributed by atoms with E-state index < -0.39 is 79.9 Å². The van der Waals surface area contributed by atoms with Gasteiger partial charge < -0.3 is 18.1 Å². The lowest BCUT2D eigenvalue weighted by Gasteiger charge is -2.34. The zero-order valence-corrected chi connectivity index (χ0v) is 31.4. The fourth-order valence-corrected chi connectivity index (χ4v) is 5.02. The van der Waals surface area contributed by atoms with Crippen molar-refractivity contribution in [3.8, 4) is 0 Å². The fourth-order valence-electron chi connectivity index (χ4n) is 4.10. The van der Waals surface area contributed by atoms with Crippen LogP contribution in [0, 0.1) is 0 Å². The molecule has 0 aromatic heterocycles. The van der Waals surface area contributed by atoms with Crippen molar-refractivity contribution in [3.05, 3.63) is 0 Å². The van der Waals surface area contributed by atoms with Crippen LogP contribution in [0.5, 0.6) is 0 Å². The minimum atomic E-state index is -7.28. The predicted octanol–water partition coefficient (Wildman–Crippen LogP) is 8.16. The Kier molecular flexibility index (Phi) is 22.7. The lowest BCUT2D eigenvalue weighted by Crippen LogP contribution is -2.58. The van der Waals surface area contributed by atoms with E-state index in [2.05, 4.69) is 55.4 Å². The van der Waals surface area contributed by atoms with Crippen LogP contribution in [0.2, 0.25) is 0 Å². The minimum absolute atomic E-state index is 1.28. The molecule has 0 aromatic rings. The Morgan fingerprint density at radius 1 is 0.472 bits per heavy atom. The molecule has 53 heavy (non-hydrogen) atoms. The van der Waals surface area contributed by atoms with Gasteiger partial charge in [0.25, 0.3) is 0 Å². The molecular formula is C26H45F17N2O6S2. The Balaban J connectivity index is -0.000000317. The SMILES string of the molecule is CC[N+](CC)(CC)CC.CC[N+](CC)(CC)CC.O=S(=O)([O-])C(F)(F)C(F)(F)C(F)(F)CC(F)(F)F.O=S(=O)([O-])C(F)(F)C(F)(F)C(F)CC(F)(F)F. The quantitative estimate of drug-likeness (QED) is 0.0879. The van der Waals surface area contributed by atoms with Crippen LogP contribution in [0.4, 0.5) is 74.6 Å². The van der Waals surface area contributed by atoms with Gasteiger partial charge in [0.2, 0.25) is 0 Å². The summed E-state index contributed by atoms with van der Waals surface area (Å²) in [6.07, 6.45) is -22.8. The van der Waals surface area contributed by atoms with Gasteiger partial charge in [-0.25, -0.2) is 21.2 Å². The maximum Gasteiger partial charge on any atom is 0.402 e. The van der Waals surface area contributed by atoms with Crippen LogP contribution >= 0.6 is 0 Å². The number of halogens is 17. The number of nitrogens with zero attached hydrogens (tertiary/aromatic N) is 2. The van der Waals surface area contributed by atoms with E-state index in [9.17, 15) is 101 Å². The van der Waals surface area contributed by atoms with Gasteiger partial charge in [0, 0.05) is 0 Å². The van der Waals surface area contributed by atoms with E-state index in [0.29, 0.717) is 0 Å². The number of hydrogen-bond acceptors (Lipinski definition) is 6. The summed E-state index contributed by atoms with van der Waals surface area (Å²) >= 11 is 0. The van der Waals surface area contributed by atoms with Gasteiger partial charge in [-0.3, -0.25) is 0 Å². The highest BCUT2D eigenvalue weighted by Crippen LogP contribution is 2.51. The first-order chi connectivity index (χ1) is 23.1. The highest BCUT2D eigenvalue weighted by Gasteiger charge is 2.76. The summed E-state index contributed by atoms with van der Waals surface area (Å²) in [5.41, 5.74) is 0. The standard InChI is InChI=1S/2C8H20N.C5H3F9O3S.C5H4F8O3S/c2*1-5-9(6-2,7-3)8-4;6-2(7,1-3(8,9)10)4(11,12)5(13,14)18(15,16)17;6-2(1-3(7,8)9)4(10,11)5(12,13)17(14,15)16/h2*5-8H2,1-4H3;1H2,(H,15,16,17);2H,1H2,(H,14,15,16)/q2*+1;;/p-2. The van der Waals surface area contributed by atoms with Gasteiger partial charge >= 0.3 is 40.6 Å². The summed E-state index contributed by atoms with van der Waals surface area (Å²) in [7, 11) is -14.3. The van der Waals surface area contributed by atoms with Crippen molar-refractivity contribution >= 4 is 20.2 Å². The van der Waals surface area contributed by atoms with E-state index >= 15 is 0 Å². The molecular weight excluding hydrogens is 823 g/mol. The van der Waals surface area contributed by atoms with E-state index in [1.54, 1.807) is 0 Å². The third kappa shape index (κ3) is 16.7. The molecule has 0 aliphatic heterocycles. The lowest BCUT2D eigenvalue weighted by atomic mass is 10.1. The van der Waals surface area contributed by atoms with Crippen molar-refractivity contribution in [2.45, 2.75) is 115 Å². The highest BCUT2D eigenvalue weighted by atomic mass is 32.2. The van der Waals surface area contributed by atoms with Crippen LogP contribution in [0.3, 0.4) is 0 Å². The topological polar surface area (TPSA) is 114 Å². The summed E-state index contributed by atoms with van der Waals surface area (Å²) in [6, 6.07) is 0. The zero-order valence-electron chi connectivity index (χ0n) is 29.7. The van der Waals surface area contributed by atoms with Gasteiger partial charge in [0.05, 0.1) is 58.8 Å². The summed E-state index contributed by atoms with van der Waals surface area (Å²) in [5.74, 6) is -19.7. The van der Waals surface area contributed by atoms with Crippen LogP contribution in [-0.4, -0.2) is 134 Å². The molecule has 8 nitrogen and oxygen atoms in total. The molecule has 1 unspecified atom stereocenters. The maximum atomic E-state index is 12.4. The molecule has 0 bridgehead atoms. The van der Waals surface area contributed by atoms with E-state index in [1.165, 1.54) is 61.3 Å². The van der Waals surface area contributed by atoms with Crippen LogP contribution in [0.15, 0.2) is 0 Å². The average molecular weight is 869 g/mol. The Bertz CT molecular complexity index is 1210. The van der Waals surface area contributed by atoms with Crippen molar-refractivity contribution in [1.29, 1.82) is 0 Å². The molecule has 0 aliphatic carbocycles. The van der Waals surface area contributed by atoms with E-state index in [4.69, 9.17) is 0 Å². The first kappa shape index (κ1) is 58.3. The van der Waals surface area contributed by atoms with Crippen molar-refractivity contribution < 1.29 is 110 Å². The molecule has 0 spiro atoms. The third-order valence-corrected chi connectivity index (χ3v) is 10.2. The normalized spacial score (nSPS) is 14.9. The van der Waals surface area contributed by atoms with E-state index in [0.717, 1.165) is 0 Å². The second-order valence-corrected chi connectivity index (χ2v) is 14.0. The monoisotopic (exact) mass is 868 g/mol. The Morgan fingerprint density at radius 2 is 0.717 bits per heavy atom. The highest BCUT2D eigenvalue weighted by molar-refractivity contribution is 7.87. The first-order valence-corrected chi connectivity index (χ1v) is 18.2. The summed E-state index contributed by atoms with van der Waals surface area (Å²) < 4.78 is 266.